The highest BCUT2D eigenvalue weighted by atomic mass is 32.2. The maximum Gasteiger partial charge on any atom is 0.319 e. The summed E-state index contributed by atoms with van der Waals surface area (Å²) in [5, 5.41) is 16.2. The number of nitrogens with zero attached hydrogens (tertiary/aromatic N) is 2. The highest BCUT2D eigenvalue weighted by molar-refractivity contribution is 7.94. The van der Waals surface area contributed by atoms with Crippen LogP contribution in [0.4, 0.5) is 16.2 Å². The van der Waals surface area contributed by atoms with E-state index in [2.05, 4.69) is 58.6 Å². The van der Waals surface area contributed by atoms with Crippen LogP contribution in [0.3, 0.4) is 0 Å². The van der Waals surface area contributed by atoms with Crippen molar-refractivity contribution in [1.82, 2.24) is 31.1 Å². The van der Waals surface area contributed by atoms with Crippen molar-refractivity contribution in [2.45, 2.75) is 90.7 Å². The Labute approximate surface area is 395 Å². The SMILES string of the molecule is C#C.CNCC(=O)Nc1ccc(CSOc2c(CNC(=O)Nc3ccc(C)c(C(C)C)c3)ccc(C)c2CN(C=O)C2CCC(=O)NC2=O)cc1.C[C@@H](C=O)NC(=O)CCN1C(=O)C=CC1=O. The average Bonchev–Trinajstić information content (AvgIpc) is 3.62. The van der Waals surface area contributed by atoms with E-state index >= 15 is 0 Å². The summed E-state index contributed by atoms with van der Waals surface area (Å²) in [6.07, 6.45) is 11.9. The van der Waals surface area contributed by atoms with Gasteiger partial charge in [-0.05, 0) is 86.7 Å². The van der Waals surface area contributed by atoms with Crippen molar-refractivity contribution in [1.29, 1.82) is 0 Å². The molecule has 3 aromatic carbocycles. The minimum absolute atomic E-state index is 0.00264. The Kier molecular flexibility index (Phi) is 22.0. The van der Waals surface area contributed by atoms with Crippen LogP contribution in [0.1, 0.15) is 79.3 Å². The van der Waals surface area contributed by atoms with Gasteiger partial charge in [-0.1, -0.05) is 44.2 Å². The molecule has 2 aliphatic heterocycles. The number of carbonyl (C=O) groups is 9. The number of hydrogen-bond donors (Lipinski definition) is 6. The first-order valence-corrected chi connectivity index (χ1v) is 22.2. The molecule has 19 heteroatoms. The molecular weight excluding hydrogens is 881 g/mol. The van der Waals surface area contributed by atoms with E-state index < -0.39 is 29.8 Å². The summed E-state index contributed by atoms with van der Waals surface area (Å²) in [6, 6.07) is 15.2. The van der Waals surface area contributed by atoms with Gasteiger partial charge >= 0.3 is 6.03 Å². The lowest BCUT2D eigenvalue weighted by Crippen LogP contribution is -2.51. The van der Waals surface area contributed by atoms with Crippen molar-refractivity contribution in [3.8, 4) is 18.6 Å². The van der Waals surface area contributed by atoms with E-state index in [0.29, 0.717) is 52.6 Å². The van der Waals surface area contributed by atoms with E-state index in [9.17, 15) is 43.2 Å². The molecule has 356 valence electrons. The lowest BCUT2D eigenvalue weighted by Gasteiger charge is -2.31. The smallest absolute Gasteiger partial charge is 0.319 e. The maximum absolute atomic E-state index is 13.0. The third-order valence-electron chi connectivity index (χ3n) is 10.3. The second-order valence-corrected chi connectivity index (χ2v) is 16.3. The van der Waals surface area contributed by atoms with Gasteiger partial charge in [-0.15, -0.1) is 12.8 Å². The molecule has 0 spiro atoms. The summed E-state index contributed by atoms with van der Waals surface area (Å²) in [4.78, 5) is 108. The van der Waals surface area contributed by atoms with Crippen LogP contribution in [0.5, 0.6) is 5.75 Å². The predicted octanol–water partition coefficient (Wildman–Crippen LogP) is 4.15. The molecule has 18 nitrogen and oxygen atoms in total. The number of benzene rings is 3. The van der Waals surface area contributed by atoms with E-state index in [4.69, 9.17) is 4.18 Å². The summed E-state index contributed by atoms with van der Waals surface area (Å²) >= 11 is 1.18. The number of carbonyl (C=O) groups excluding carboxylic acids is 9. The number of imide groups is 2. The number of amides is 9. The van der Waals surface area contributed by atoms with Crippen LogP contribution in [-0.4, -0.2) is 96.2 Å². The molecule has 1 unspecified atom stereocenters. The number of rotatable bonds is 20. The van der Waals surface area contributed by atoms with Gasteiger partial charge in [0.25, 0.3) is 11.8 Å². The Balaban J connectivity index is 0.000000555. The zero-order valence-electron chi connectivity index (χ0n) is 38.4. The van der Waals surface area contributed by atoms with Crippen molar-refractivity contribution in [2.75, 3.05) is 30.8 Å². The number of terminal acetylenes is 1. The molecular formula is C48H58N8O10S. The molecule has 2 aliphatic rings. The Morgan fingerprint density at radius 1 is 0.910 bits per heavy atom. The second kappa shape index (κ2) is 27.2. The number of hydrogen-bond acceptors (Lipinski definition) is 12. The summed E-state index contributed by atoms with van der Waals surface area (Å²) in [5.41, 5.74) is 6.78. The fourth-order valence-electron chi connectivity index (χ4n) is 6.74. The zero-order valence-corrected chi connectivity index (χ0v) is 39.3. The van der Waals surface area contributed by atoms with Crippen molar-refractivity contribution < 1.29 is 47.3 Å². The Morgan fingerprint density at radius 3 is 2.18 bits per heavy atom. The van der Waals surface area contributed by atoms with E-state index in [1.165, 1.54) is 16.9 Å². The van der Waals surface area contributed by atoms with Crippen LogP contribution in [-0.2, 0) is 57.2 Å². The van der Waals surface area contributed by atoms with Gasteiger partial charge in [0.1, 0.15) is 18.1 Å². The predicted molar refractivity (Wildman–Crippen MR) is 255 cm³/mol. The fourth-order valence-corrected chi connectivity index (χ4v) is 7.45. The molecule has 0 bridgehead atoms. The number of anilines is 2. The molecule has 0 aliphatic carbocycles. The van der Waals surface area contributed by atoms with Crippen molar-refractivity contribution >= 4 is 77.6 Å². The minimum atomic E-state index is -0.806. The van der Waals surface area contributed by atoms with Crippen molar-refractivity contribution in [3.05, 3.63) is 100 Å². The van der Waals surface area contributed by atoms with Crippen molar-refractivity contribution in [2.24, 2.45) is 0 Å². The topological polar surface area (TPSA) is 242 Å². The van der Waals surface area contributed by atoms with Crippen LogP contribution < -0.4 is 36.1 Å². The molecule has 0 saturated carbocycles. The molecule has 1 fully saturated rings. The lowest BCUT2D eigenvalue weighted by atomic mass is 9.97. The molecule has 2 heterocycles. The molecule has 9 amide bonds. The Morgan fingerprint density at radius 2 is 1.57 bits per heavy atom. The number of aldehydes is 1. The molecule has 1 saturated heterocycles. The first-order valence-electron chi connectivity index (χ1n) is 21.3. The number of piperidine rings is 1. The van der Waals surface area contributed by atoms with Crippen LogP contribution in [0.25, 0.3) is 0 Å². The van der Waals surface area contributed by atoms with Gasteiger partial charge in [0.05, 0.1) is 36.9 Å². The lowest BCUT2D eigenvalue weighted by molar-refractivity contribution is -0.141. The summed E-state index contributed by atoms with van der Waals surface area (Å²) in [5.74, 6) is -0.991. The van der Waals surface area contributed by atoms with Gasteiger partial charge < -0.3 is 40.5 Å². The van der Waals surface area contributed by atoms with Gasteiger partial charge in [-0.25, -0.2) is 4.79 Å². The number of urea groups is 1. The normalized spacial score (nSPS) is 14.3. The van der Waals surface area contributed by atoms with Gasteiger partial charge in [-0.2, -0.15) is 0 Å². The van der Waals surface area contributed by atoms with Crippen LogP contribution in [0.15, 0.2) is 66.7 Å². The zero-order chi connectivity index (χ0) is 49.6. The first kappa shape index (κ1) is 54.0. The van der Waals surface area contributed by atoms with E-state index in [0.717, 1.165) is 39.3 Å². The highest BCUT2D eigenvalue weighted by Gasteiger charge is 2.32. The van der Waals surface area contributed by atoms with Crippen LogP contribution in [0.2, 0.25) is 0 Å². The standard InChI is InChI=1S/C36H44N6O6S.C10H12N2O4.C2H2/c1-22(2)29-16-28(11-7-23(29)3)40-36(47)38-17-26-10-6-24(4)30(19-42(21-43)31-14-15-32(44)41-35(31)46)34(26)48-49-20-25-8-12-27(13-9-25)39-33(45)18-37-5;1-7(6-13)11-8(14)4-5-12-9(15)2-3-10(12)16;1-2/h6-13,16,21-22,31,37H,14-15,17-20H2,1-5H3,(H,39,45)(H2,38,40,47)(H,41,44,46);2-3,6-7H,4-5H2,1H3,(H,11,14);1-2H/t;7-;/m.0./s1. The largest absolute Gasteiger partial charge is 0.425 e. The van der Waals surface area contributed by atoms with Crippen LogP contribution in [0, 0.1) is 26.7 Å². The first-order chi connectivity index (χ1) is 32.0. The highest BCUT2D eigenvalue weighted by Crippen LogP contribution is 2.33. The Bertz CT molecular complexity index is 2310. The molecule has 6 N–H and O–H groups in total. The third-order valence-corrected chi connectivity index (χ3v) is 11.0. The van der Waals surface area contributed by atoms with E-state index in [-0.39, 0.29) is 69.2 Å². The quantitative estimate of drug-likeness (QED) is 0.0406. The van der Waals surface area contributed by atoms with Crippen molar-refractivity contribution in [3.63, 3.8) is 0 Å². The maximum atomic E-state index is 13.0. The monoisotopic (exact) mass is 938 g/mol. The van der Waals surface area contributed by atoms with E-state index in [1.807, 2.05) is 68.4 Å². The second-order valence-electron chi connectivity index (χ2n) is 15.7. The van der Waals surface area contributed by atoms with Gasteiger partial charge in [0.15, 0.2) is 0 Å². The number of aryl methyl sites for hydroxylation is 2. The summed E-state index contributed by atoms with van der Waals surface area (Å²) < 4.78 is 6.33. The molecule has 5 rings (SSSR count). The minimum Gasteiger partial charge on any atom is -0.425 e. The molecule has 2 atom stereocenters. The summed E-state index contributed by atoms with van der Waals surface area (Å²) in [6.45, 7) is 10.1. The number of likely N-dealkylation sites (N-methyl/N-ethyl adjacent to an activating group) is 1. The summed E-state index contributed by atoms with van der Waals surface area (Å²) in [7, 11) is 1.70. The molecule has 67 heavy (non-hydrogen) atoms. The molecule has 0 aromatic heterocycles. The van der Waals surface area contributed by atoms with Gasteiger partial charge in [0, 0.05) is 60.6 Å². The Hall–Kier alpha value is -7.30. The van der Waals surface area contributed by atoms with Crippen LogP contribution >= 0.6 is 12.0 Å². The number of nitrogens with one attached hydrogen (secondary N) is 6. The fraction of sp³-hybridized carbons (Fsp3) is 0.354. The third kappa shape index (κ3) is 16.9. The van der Waals surface area contributed by atoms with Gasteiger partial charge in [0.2, 0.25) is 30.0 Å². The average molecular weight is 939 g/mol. The molecule has 3 aromatic rings. The van der Waals surface area contributed by atoms with E-state index in [1.54, 1.807) is 14.0 Å². The van der Waals surface area contributed by atoms with Gasteiger partial charge in [-0.3, -0.25) is 43.8 Å². The molecule has 0 radical (unpaired) electrons.